The van der Waals surface area contributed by atoms with Crippen molar-refractivity contribution in [2.24, 2.45) is 5.10 Å². The molecule has 0 aromatic heterocycles. The van der Waals surface area contributed by atoms with Crippen molar-refractivity contribution < 1.29 is 9.53 Å². The summed E-state index contributed by atoms with van der Waals surface area (Å²) in [6.07, 6.45) is 4.77. The Bertz CT molecular complexity index is 688. The van der Waals surface area contributed by atoms with Crippen LogP contribution >= 0.6 is 0 Å². The van der Waals surface area contributed by atoms with E-state index in [9.17, 15) is 4.79 Å². The maximum absolute atomic E-state index is 11.7. The SMILES string of the molecule is COc1cccc(/C=N\NC(=O)/C=C/c2ccc(C)cc2)c1. The molecule has 22 heavy (non-hydrogen) atoms. The maximum atomic E-state index is 11.7. The second-order valence-electron chi connectivity index (χ2n) is 4.75. The predicted octanol–water partition coefficient (Wildman–Crippen LogP) is 3.17. The number of amides is 1. The molecular weight excluding hydrogens is 276 g/mol. The van der Waals surface area contributed by atoms with Crippen molar-refractivity contribution in [3.05, 3.63) is 71.3 Å². The van der Waals surface area contributed by atoms with Crippen LogP contribution in [-0.2, 0) is 4.79 Å². The number of hydrogen-bond acceptors (Lipinski definition) is 3. The zero-order valence-corrected chi connectivity index (χ0v) is 12.6. The summed E-state index contributed by atoms with van der Waals surface area (Å²) in [7, 11) is 1.61. The van der Waals surface area contributed by atoms with Crippen molar-refractivity contribution >= 4 is 18.2 Å². The predicted molar refractivity (Wildman–Crippen MR) is 88.9 cm³/mol. The number of aryl methyl sites for hydroxylation is 1. The molecule has 1 amide bonds. The Morgan fingerprint density at radius 2 is 1.91 bits per heavy atom. The fraction of sp³-hybridized carbons (Fsp3) is 0.111. The van der Waals surface area contributed by atoms with E-state index >= 15 is 0 Å². The molecule has 0 aliphatic carbocycles. The number of carbonyl (C=O) groups is 1. The van der Waals surface area contributed by atoms with Crippen LogP contribution in [0.15, 0.2) is 59.7 Å². The van der Waals surface area contributed by atoms with Gasteiger partial charge < -0.3 is 4.74 Å². The highest BCUT2D eigenvalue weighted by atomic mass is 16.5. The first kappa shape index (κ1) is 15.5. The Kier molecular flexibility index (Phi) is 5.49. The molecule has 2 aromatic rings. The van der Waals surface area contributed by atoms with Crippen molar-refractivity contribution in [3.8, 4) is 5.75 Å². The highest BCUT2D eigenvalue weighted by Gasteiger charge is 1.94. The summed E-state index contributed by atoms with van der Waals surface area (Å²) < 4.78 is 5.12. The highest BCUT2D eigenvalue weighted by Crippen LogP contribution is 2.10. The first-order valence-corrected chi connectivity index (χ1v) is 6.89. The van der Waals surface area contributed by atoms with Crippen molar-refractivity contribution in [2.75, 3.05) is 7.11 Å². The highest BCUT2D eigenvalue weighted by molar-refractivity contribution is 5.92. The second-order valence-corrected chi connectivity index (χ2v) is 4.75. The summed E-state index contributed by atoms with van der Waals surface area (Å²) in [6, 6.07) is 15.3. The van der Waals surface area contributed by atoms with Crippen LogP contribution in [0.5, 0.6) is 5.75 Å². The lowest BCUT2D eigenvalue weighted by Crippen LogP contribution is -2.14. The maximum Gasteiger partial charge on any atom is 0.264 e. The molecule has 0 aliphatic heterocycles. The third kappa shape index (κ3) is 4.90. The Morgan fingerprint density at radius 3 is 2.64 bits per heavy atom. The van der Waals surface area contributed by atoms with E-state index in [-0.39, 0.29) is 5.91 Å². The van der Waals surface area contributed by atoms with Crippen LogP contribution in [0.4, 0.5) is 0 Å². The average molecular weight is 294 g/mol. The Balaban J connectivity index is 1.89. The summed E-state index contributed by atoms with van der Waals surface area (Å²) in [5.74, 6) is 0.467. The van der Waals surface area contributed by atoms with Gasteiger partial charge in [0.25, 0.3) is 5.91 Å². The van der Waals surface area contributed by atoms with E-state index < -0.39 is 0 Å². The van der Waals surface area contributed by atoms with Gasteiger partial charge in [-0.1, -0.05) is 42.0 Å². The van der Waals surface area contributed by atoms with E-state index in [1.165, 1.54) is 11.6 Å². The number of methoxy groups -OCH3 is 1. The molecule has 0 radical (unpaired) electrons. The lowest BCUT2D eigenvalue weighted by atomic mass is 10.1. The van der Waals surface area contributed by atoms with Crippen LogP contribution < -0.4 is 10.2 Å². The van der Waals surface area contributed by atoms with Gasteiger partial charge in [-0.05, 0) is 36.3 Å². The van der Waals surface area contributed by atoms with Crippen LogP contribution in [0, 0.1) is 6.92 Å². The van der Waals surface area contributed by atoms with Crippen LogP contribution in [0.25, 0.3) is 6.08 Å². The number of hydrazone groups is 1. The number of ether oxygens (including phenoxy) is 1. The summed E-state index contributed by atoms with van der Waals surface area (Å²) in [5.41, 5.74) is 5.46. The Morgan fingerprint density at radius 1 is 1.14 bits per heavy atom. The van der Waals surface area contributed by atoms with Crippen LogP contribution in [0.1, 0.15) is 16.7 Å². The molecule has 0 aliphatic rings. The normalized spacial score (nSPS) is 11.0. The average Bonchev–Trinajstić information content (AvgIpc) is 2.54. The van der Waals surface area contributed by atoms with Gasteiger partial charge in [0.15, 0.2) is 0 Å². The van der Waals surface area contributed by atoms with E-state index in [0.29, 0.717) is 0 Å². The van der Waals surface area contributed by atoms with E-state index in [2.05, 4.69) is 10.5 Å². The summed E-state index contributed by atoms with van der Waals surface area (Å²) in [5, 5.41) is 3.91. The van der Waals surface area contributed by atoms with Crippen molar-refractivity contribution in [3.63, 3.8) is 0 Å². The van der Waals surface area contributed by atoms with Crippen molar-refractivity contribution in [2.45, 2.75) is 6.92 Å². The van der Waals surface area contributed by atoms with Crippen molar-refractivity contribution in [1.82, 2.24) is 5.43 Å². The van der Waals surface area contributed by atoms with Gasteiger partial charge in [0.1, 0.15) is 5.75 Å². The molecule has 2 aromatic carbocycles. The lowest BCUT2D eigenvalue weighted by molar-refractivity contribution is -0.116. The molecule has 0 saturated heterocycles. The molecule has 4 nitrogen and oxygen atoms in total. The van der Waals surface area contributed by atoms with Crippen molar-refractivity contribution in [1.29, 1.82) is 0 Å². The van der Waals surface area contributed by atoms with E-state index in [1.54, 1.807) is 19.4 Å². The van der Waals surface area contributed by atoms with E-state index in [1.807, 2.05) is 55.5 Å². The second kappa shape index (κ2) is 7.78. The van der Waals surface area contributed by atoms with Crippen LogP contribution in [-0.4, -0.2) is 19.2 Å². The molecule has 0 bridgehead atoms. The Labute approximate surface area is 130 Å². The largest absolute Gasteiger partial charge is 0.497 e. The number of rotatable bonds is 5. The molecule has 0 fully saturated rings. The first-order valence-electron chi connectivity index (χ1n) is 6.89. The zero-order valence-electron chi connectivity index (χ0n) is 12.6. The van der Waals surface area contributed by atoms with E-state index in [4.69, 9.17) is 4.74 Å². The minimum atomic E-state index is -0.278. The minimum absolute atomic E-state index is 0.278. The minimum Gasteiger partial charge on any atom is -0.497 e. The topological polar surface area (TPSA) is 50.7 Å². The molecule has 2 rings (SSSR count). The standard InChI is InChI=1S/C18H18N2O2/c1-14-6-8-15(9-7-14)10-11-18(21)20-19-13-16-4-3-5-17(12-16)22-2/h3-13H,1-2H3,(H,20,21)/b11-10+,19-13-. The molecule has 0 spiro atoms. The molecule has 1 N–H and O–H groups in total. The van der Waals surface area contributed by atoms with Gasteiger partial charge in [-0.2, -0.15) is 5.10 Å². The third-order valence-electron chi connectivity index (χ3n) is 2.99. The molecule has 112 valence electrons. The van der Waals surface area contributed by atoms with Crippen LogP contribution in [0.3, 0.4) is 0 Å². The monoisotopic (exact) mass is 294 g/mol. The zero-order chi connectivity index (χ0) is 15.8. The number of nitrogens with zero attached hydrogens (tertiary/aromatic N) is 1. The first-order chi connectivity index (χ1) is 10.7. The summed E-state index contributed by atoms with van der Waals surface area (Å²) >= 11 is 0. The van der Waals surface area contributed by atoms with Gasteiger partial charge in [-0.25, -0.2) is 5.43 Å². The van der Waals surface area contributed by atoms with Gasteiger partial charge in [-0.15, -0.1) is 0 Å². The van der Waals surface area contributed by atoms with Crippen LogP contribution in [0.2, 0.25) is 0 Å². The van der Waals surface area contributed by atoms with E-state index in [0.717, 1.165) is 16.9 Å². The number of nitrogens with one attached hydrogen (secondary N) is 1. The van der Waals surface area contributed by atoms with Gasteiger partial charge in [0.2, 0.25) is 0 Å². The van der Waals surface area contributed by atoms with Gasteiger partial charge in [0.05, 0.1) is 13.3 Å². The molecule has 0 heterocycles. The fourth-order valence-electron chi connectivity index (χ4n) is 1.78. The lowest BCUT2D eigenvalue weighted by Gasteiger charge is -1.99. The fourth-order valence-corrected chi connectivity index (χ4v) is 1.78. The smallest absolute Gasteiger partial charge is 0.264 e. The molecule has 0 unspecified atom stereocenters. The molecule has 0 atom stereocenters. The van der Waals surface area contributed by atoms with Gasteiger partial charge in [-0.3, -0.25) is 4.79 Å². The summed E-state index contributed by atoms with van der Waals surface area (Å²) in [4.78, 5) is 11.7. The summed E-state index contributed by atoms with van der Waals surface area (Å²) in [6.45, 7) is 2.02. The van der Waals surface area contributed by atoms with Gasteiger partial charge in [0, 0.05) is 6.08 Å². The number of benzene rings is 2. The Hall–Kier alpha value is -2.88. The number of hydrogen-bond donors (Lipinski definition) is 1. The molecular formula is C18H18N2O2. The number of carbonyl (C=O) groups excluding carboxylic acids is 1. The molecule has 4 heteroatoms. The quantitative estimate of drug-likeness (QED) is 0.523. The third-order valence-corrected chi connectivity index (χ3v) is 2.99. The van der Waals surface area contributed by atoms with Gasteiger partial charge >= 0.3 is 0 Å². The molecule has 0 saturated carbocycles.